The SMILES string of the molecule is Cc1cccc(CS(=O)CC(=O)c2cccc(Br)c2)c1. The number of hydrogen-bond donors (Lipinski definition) is 0. The molecule has 0 aromatic heterocycles. The Morgan fingerprint density at radius 2 is 1.90 bits per heavy atom. The molecule has 2 nitrogen and oxygen atoms in total. The molecule has 0 N–H and O–H groups in total. The zero-order valence-corrected chi connectivity index (χ0v) is 13.5. The second kappa shape index (κ2) is 6.95. The molecule has 0 radical (unpaired) electrons. The van der Waals surface area contributed by atoms with Gasteiger partial charge in [-0.1, -0.05) is 57.9 Å². The van der Waals surface area contributed by atoms with E-state index in [1.54, 1.807) is 18.2 Å². The molecule has 0 saturated carbocycles. The van der Waals surface area contributed by atoms with Crippen LogP contribution in [-0.2, 0) is 16.6 Å². The van der Waals surface area contributed by atoms with Crippen LogP contribution in [-0.4, -0.2) is 15.7 Å². The summed E-state index contributed by atoms with van der Waals surface area (Å²) in [6.07, 6.45) is 0. The quantitative estimate of drug-likeness (QED) is 0.766. The third kappa shape index (κ3) is 4.39. The van der Waals surface area contributed by atoms with E-state index < -0.39 is 10.8 Å². The molecule has 104 valence electrons. The topological polar surface area (TPSA) is 34.1 Å². The molecule has 0 aliphatic rings. The standard InChI is InChI=1S/C16H15BrO2S/c1-12-4-2-5-13(8-12)10-20(19)11-16(18)14-6-3-7-15(17)9-14/h2-9H,10-11H2,1H3. The molecule has 0 spiro atoms. The molecule has 0 bridgehead atoms. The van der Waals surface area contributed by atoms with Gasteiger partial charge >= 0.3 is 0 Å². The van der Waals surface area contributed by atoms with Gasteiger partial charge in [0.25, 0.3) is 0 Å². The lowest BCUT2D eigenvalue weighted by atomic mass is 10.1. The van der Waals surface area contributed by atoms with Crippen LogP contribution in [0.5, 0.6) is 0 Å². The summed E-state index contributed by atoms with van der Waals surface area (Å²) in [5.74, 6) is 0.392. The number of benzene rings is 2. The normalized spacial score (nSPS) is 12.1. The Morgan fingerprint density at radius 3 is 2.60 bits per heavy atom. The van der Waals surface area contributed by atoms with Crippen molar-refractivity contribution in [2.75, 3.05) is 5.75 Å². The van der Waals surface area contributed by atoms with E-state index in [-0.39, 0.29) is 11.5 Å². The highest BCUT2D eigenvalue weighted by molar-refractivity contribution is 9.10. The van der Waals surface area contributed by atoms with Crippen molar-refractivity contribution in [3.63, 3.8) is 0 Å². The maximum Gasteiger partial charge on any atom is 0.175 e. The van der Waals surface area contributed by atoms with Crippen LogP contribution in [0.15, 0.2) is 53.0 Å². The van der Waals surface area contributed by atoms with Crippen LogP contribution in [0.4, 0.5) is 0 Å². The Labute approximate surface area is 129 Å². The molecule has 2 aromatic carbocycles. The number of carbonyl (C=O) groups is 1. The molecule has 0 aliphatic heterocycles. The van der Waals surface area contributed by atoms with Crippen molar-refractivity contribution in [1.82, 2.24) is 0 Å². The number of ketones is 1. The van der Waals surface area contributed by atoms with Crippen LogP contribution in [0.1, 0.15) is 21.5 Å². The summed E-state index contributed by atoms with van der Waals surface area (Å²) >= 11 is 3.33. The average molecular weight is 351 g/mol. The molecular formula is C16H15BrO2S. The monoisotopic (exact) mass is 350 g/mol. The predicted octanol–water partition coefficient (Wildman–Crippen LogP) is 3.89. The number of aryl methyl sites for hydroxylation is 1. The smallest absolute Gasteiger partial charge is 0.175 e. The molecule has 0 heterocycles. The summed E-state index contributed by atoms with van der Waals surface area (Å²) in [7, 11) is -1.18. The Bertz CT molecular complexity index is 652. The van der Waals surface area contributed by atoms with Gasteiger partial charge in [0.2, 0.25) is 0 Å². The molecule has 2 aromatic rings. The number of rotatable bonds is 5. The third-order valence-electron chi connectivity index (χ3n) is 2.85. The molecule has 1 atom stereocenters. The molecule has 4 heteroatoms. The van der Waals surface area contributed by atoms with Gasteiger partial charge in [0, 0.05) is 26.6 Å². The summed E-state index contributed by atoms with van der Waals surface area (Å²) in [6, 6.07) is 15.1. The van der Waals surface area contributed by atoms with Gasteiger partial charge in [-0.25, -0.2) is 0 Å². The van der Waals surface area contributed by atoms with Crippen molar-refractivity contribution in [3.8, 4) is 0 Å². The fourth-order valence-corrected chi connectivity index (χ4v) is 3.44. The average Bonchev–Trinajstić information content (AvgIpc) is 2.38. The highest BCUT2D eigenvalue weighted by Gasteiger charge is 2.11. The number of carbonyl (C=O) groups excluding carboxylic acids is 1. The fraction of sp³-hybridized carbons (Fsp3) is 0.188. The van der Waals surface area contributed by atoms with Crippen LogP contribution in [0.25, 0.3) is 0 Å². The Hall–Kier alpha value is -1.26. The highest BCUT2D eigenvalue weighted by Crippen LogP contribution is 2.13. The Kier molecular flexibility index (Phi) is 5.26. The molecule has 2 rings (SSSR count). The maximum absolute atomic E-state index is 12.1. The molecule has 0 fully saturated rings. The zero-order chi connectivity index (χ0) is 14.5. The van der Waals surface area contributed by atoms with Crippen molar-refractivity contribution in [1.29, 1.82) is 0 Å². The van der Waals surface area contributed by atoms with Gasteiger partial charge in [-0.15, -0.1) is 0 Å². The molecular weight excluding hydrogens is 336 g/mol. The summed E-state index contributed by atoms with van der Waals surface area (Å²) in [4.78, 5) is 12.1. The molecule has 0 amide bonds. The minimum Gasteiger partial charge on any atom is -0.293 e. The van der Waals surface area contributed by atoms with E-state index >= 15 is 0 Å². The van der Waals surface area contributed by atoms with E-state index in [1.807, 2.05) is 37.3 Å². The van der Waals surface area contributed by atoms with Gasteiger partial charge in [0.15, 0.2) is 5.78 Å². The number of halogens is 1. The van der Waals surface area contributed by atoms with Crippen molar-refractivity contribution in [2.24, 2.45) is 0 Å². The second-order valence-electron chi connectivity index (χ2n) is 4.65. The van der Waals surface area contributed by atoms with E-state index in [2.05, 4.69) is 15.9 Å². The summed E-state index contributed by atoms with van der Waals surface area (Å²) < 4.78 is 12.9. The van der Waals surface area contributed by atoms with Crippen molar-refractivity contribution >= 4 is 32.5 Å². The lowest BCUT2D eigenvalue weighted by Crippen LogP contribution is -2.12. The third-order valence-corrected chi connectivity index (χ3v) is 4.58. The van der Waals surface area contributed by atoms with Crippen molar-refractivity contribution in [3.05, 3.63) is 69.7 Å². The minimum absolute atomic E-state index is 0.0599. The van der Waals surface area contributed by atoms with Gasteiger partial charge in [-0.3, -0.25) is 9.00 Å². The van der Waals surface area contributed by atoms with Crippen LogP contribution in [0, 0.1) is 6.92 Å². The van der Waals surface area contributed by atoms with E-state index in [9.17, 15) is 9.00 Å². The van der Waals surface area contributed by atoms with Gasteiger partial charge in [-0.05, 0) is 24.6 Å². The number of hydrogen-bond acceptors (Lipinski definition) is 2. The summed E-state index contributed by atoms with van der Waals surface area (Å²) in [6.45, 7) is 2.00. The summed E-state index contributed by atoms with van der Waals surface area (Å²) in [5, 5.41) is 0. The molecule has 20 heavy (non-hydrogen) atoms. The van der Waals surface area contributed by atoms with Gasteiger partial charge < -0.3 is 0 Å². The highest BCUT2D eigenvalue weighted by atomic mass is 79.9. The van der Waals surface area contributed by atoms with E-state index in [0.29, 0.717) is 11.3 Å². The van der Waals surface area contributed by atoms with Crippen molar-refractivity contribution in [2.45, 2.75) is 12.7 Å². The van der Waals surface area contributed by atoms with E-state index in [4.69, 9.17) is 0 Å². The van der Waals surface area contributed by atoms with Crippen molar-refractivity contribution < 1.29 is 9.00 Å². The lowest BCUT2D eigenvalue weighted by molar-refractivity contribution is 0.102. The van der Waals surface area contributed by atoms with Crippen LogP contribution < -0.4 is 0 Å². The molecule has 1 unspecified atom stereocenters. The van der Waals surface area contributed by atoms with Crippen LogP contribution in [0.2, 0.25) is 0 Å². The summed E-state index contributed by atoms with van der Waals surface area (Å²) in [5.41, 5.74) is 2.74. The fourth-order valence-electron chi connectivity index (χ4n) is 1.93. The first-order chi connectivity index (χ1) is 9.54. The van der Waals surface area contributed by atoms with Gasteiger partial charge in [-0.2, -0.15) is 0 Å². The molecule has 0 saturated heterocycles. The lowest BCUT2D eigenvalue weighted by Gasteiger charge is -2.04. The van der Waals surface area contributed by atoms with Crippen LogP contribution >= 0.6 is 15.9 Å². The van der Waals surface area contributed by atoms with Gasteiger partial charge in [0.1, 0.15) is 0 Å². The Morgan fingerprint density at radius 1 is 1.15 bits per heavy atom. The van der Waals surface area contributed by atoms with Gasteiger partial charge in [0.05, 0.1) is 5.75 Å². The number of Topliss-reactive ketones (excluding diaryl/α,β-unsaturated/α-hetero) is 1. The van der Waals surface area contributed by atoms with Crippen LogP contribution in [0.3, 0.4) is 0 Å². The first-order valence-corrected chi connectivity index (χ1v) is 8.52. The zero-order valence-electron chi connectivity index (χ0n) is 11.1. The minimum atomic E-state index is -1.18. The maximum atomic E-state index is 12.1. The second-order valence-corrected chi connectivity index (χ2v) is 7.02. The first-order valence-electron chi connectivity index (χ1n) is 6.24. The first kappa shape index (κ1) is 15.1. The van der Waals surface area contributed by atoms with E-state index in [1.165, 1.54) is 0 Å². The predicted molar refractivity (Wildman–Crippen MR) is 86.4 cm³/mol. The van der Waals surface area contributed by atoms with E-state index in [0.717, 1.165) is 15.6 Å². The Balaban J connectivity index is 1.99. The molecule has 0 aliphatic carbocycles. The largest absolute Gasteiger partial charge is 0.293 e.